The molecule has 0 amide bonds. The highest BCUT2D eigenvalue weighted by Gasteiger charge is 2.47. The molecule has 6 atom stereocenters. The highest BCUT2D eigenvalue weighted by atomic mass is 16.7. The Morgan fingerprint density at radius 3 is 2.67 bits per heavy atom. The normalized spacial score (nSPS) is 37.7. The summed E-state index contributed by atoms with van der Waals surface area (Å²) < 4.78 is 61.6. The van der Waals surface area contributed by atoms with Crippen LogP contribution < -0.4 is 0 Å². The number of aliphatic carboxylic acids is 1. The Bertz CT molecular complexity index is 732. The van der Waals surface area contributed by atoms with E-state index in [1.165, 1.54) is 0 Å². The maximum atomic E-state index is 11.2. The van der Waals surface area contributed by atoms with Gasteiger partial charge in [-0.25, -0.2) is 4.79 Å². The Balaban J connectivity index is 2.30. The average molecular weight is 348 g/mol. The van der Waals surface area contributed by atoms with Crippen LogP contribution in [-0.2, 0) is 25.6 Å². The molecule has 134 valence electrons. The predicted molar refractivity (Wildman–Crippen MR) is 81.0 cm³/mol. The number of ether oxygens (including phenoxy) is 3. The third-order valence-corrected chi connectivity index (χ3v) is 3.29. The van der Waals surface area contributed by atoms with Gasteiger partial charge in [0.2, 0.25) is 0 Å². The minimum atomic E-state index is -3.51. The van der Waals surface area contributed by atoms with Gasteiger partial charge in [0, 0.05) is 4.11 Å². The van der Waals surface area contributed by atoms with Crippen molar-refractivity contribution in [3.63, 3.8) is 0 Å². The second-order valence-corrected chi connectivity index (χ2v) is 5.06. The molecule has 1 fully saturated rings. The zero-order valence-electron chi connectivity index (χ0n) is 18.4. The van der Waals surface area contributed by atoms with E-state index in [9.17, 15) is 20.1 Å². The van der Waals surface area contributed by atoms with Gasteiger partial charge in [-0.3, -0.25) is 0 Å². The van der Waals surface area contributed by atoms with Crippen molar-refractivity contribution in [2.45, 2.75) is 50.2 Å². The maximum Gasteiger partial charge on any atom is 0.335 e. The summed E-state index contributed by atoms with van der Waals surface area (Å²) in [5.41, 5.74) is 0.465. The molecule has 24 heavy (non-hydrogen) atoms. The molecule has 1 aromatic rings. The zero-order chi connectivity index (χ0) is 22.9. The van der Waals surface area contributed by atoms with Crippen LogP contribution in [0.3, 0.4) is 0 Å². The summed E-state index contributed by atoms with van der Waals surface area (Å²) in [4.78, 5) is 11.2. The standard InChI is InChI=1S/C16H22O8/c1-9(7-22-8-10-5-3-2-4-6-10)23-16-13(19)11(17)12(18)14(24-16)15(20)21/h2-6,9,11-14,16-19H,7-8H2,1H3,(H,20,21)/t9?,11-,12-,13+,14-,16+/m0/s1/i1D3,7D2,9D. The summed E-state index contributed by atoms with van der Waals surface area (Å²) >= 11 is 0. The molecule has 0 saturated carbocycles. The summed E-state index contributed by atoms with van der Waals surface area (Å²) in [6.07, 6.45) is -14.3. The third kappa shape index (κ3) is 4.73. The van der Waals surface area contributed by atoms with Crippen LogP contribution >= 0.6 is 0 Å². The fourth-order valence-corrected chi connectivity index (χ4v) is 2.05. The van der Waals surface area contributed by atoms with Crippen LogP contribution in [0.5, 0.6) is 0 Å². The molecule has 0 spiro atoms. The minimum absolute atomic E-state index is 0.429. The molecule has 0 aliphatic carbocycles. The van der Waals surface area contributed by atoms with Gasteiger partial charge in [0.25, 0.3) is 0 Å². The van der Waals surface area contributed by atoms with E-state index in [0.29, 0.717) is 5.56 Å². The van der Waals surface area contributed by atoms with Gasteiger partial charge in [0.15, 0.2) is 12.4 Å². The van der Waals surface area contributed by atoms with Crippen molar-refractivity contribution >= 4 is 5.97 Å². The number of carbonyl (C=O) groups is 1. The van der Waals surface area contributed by atoms with Gasteiger partial charge in [0.1, 0.15) is 18.3 Å². The van der Waals surface area contributed by atoms with Gasteiger partial charge in [-0.2, -0.15) is 0 Å². The number of benzene rings is 1. The first-order valence-corrected chi connectivity index (χ1v) is 6.99. The topological polar surface area (TPSA) is 126 Å². The number of rotatable bonds is 7. The third-order valence-electron chi connectivity index (χ3n) is 3.29. The number of carboxylic acids is 1. The fourth-order valence-electron chi connectivity index (χ4n) is 2.05. The van der Waals surface area contributed by atoms with E-state index < -0.39 is 62.8 Å². The monoisotopic (exact) mass is 348 g/mol. The van der Waals surface area contributed by atoms with Gasteiger partial charge in [-0.15, -0.1) is 0 Å². The van der Waals surface area contributed by atoms with Gasteiger partial charge in [0.05, 0.1) is 23.4 Å². The summed E-state index contributed by atoms with van der Waals surface area (Å²) in [5, 5.41) is 38.6. The Labute approximate surface area is 147 Å². The first-order valence-electron chi connectivity index (χ1n) is 9.99. The van der Waals surface area contributed by atoms with Crippen LogP contribution in [-0.4, -0.2) is 69.7 Å². The number of hydrogen-bond acceptors (Lipinski definition) is 7. The molecule has 1 saturated heterocycles. The minimum Gasteiger partial charge on any atom is -0.479 e. The molecular formula is C16H22O8. The lowest BCUT2D eigenvalue weighted by Crippen LogP contribution is -2.60. The SMILES string of the molecule is [2H]C([2H])([2H])C([2H])(O[C@@H]1O[C@H](C(=O)O)[C@@H](O)[C@H](O)[C@H]1O)C([2H])([2H])OCc1ccccc1. The van der Waals surface area contributed by atoms with Crippen molar-refractivity contribution in [2.75, 3.05) is 6.56 Å². The second kappa shape index (κ2) is 8.52. The van der Waals surface area contributed by atoms with Crippen LogP contribution in [0, 0.1) is 0 Å². The second-order valence-electron chi connectivity index (χ2n) is 5.06. The van der Waals surface area contributed by atoms with Crippen LogP contribution in [0.4, 0.5) is 0 Å². The van der Waals surface area contributed by atoms with Crippen LogP contribution in [0.2, 0.25) is 0 Å². The number of aliphatic hydroxyl groups is 3. The average Bonchev–Trinajstić information content (AvgIpc) is 2.66. The molecule has 1 aromatic carbocycles. The first-order chi connectivity index (χ1) is 13.7. The summed E-state index contributed by atoms with van der Waals surface area (Å²) in [7, 11) is 0. The largest absolute Gasteiger partial charge is 0.479 e. The zero-order valence-corrected chi connectivity index (χ0v) is 12.4. The number of hydrogen-bond donors (Lipinski definition) is 4. The van der Waals surface area contributed by atoms with Crippen molar-refractivity contribution in [1.82, 2.24) is 0 Å². The van der Waals surface area contributed by atoms with Gasteiger partial charge in [-0.05, 0) is 12.4 Å². The van der Waals surface area contributed by atoms with E-state index in [0.717, 1.165) is 0 Å². The van der Waals surface area contributed by atoms with Crippen molar-refractivity contribution in [2.24, 2.45) is 0 Å². The number of carboxylic acid groups (broad SMARTS) is 1. The van der Waals surface area contributed by atoms with Crippen LogP contribution in [0.15, 0.2) is 30.3 Å². The van der Waals surface area contributed by atoms with Crippen molar-refractivity contribution in [1.29, 1.82) is 0 Å². The van der Waals surface area contributed by atoms with Crippen molar-refractivity contribution in [3.8, 4) is 0 Å². The molecule has 0 bridgehead atoms. The highest BCUT2D eigenvalue weighted by Crippen LogP contribution is 2.23. The molecule has 8 nitrogen and oxygen atoms in total. The molecular weight excluding hydrogens is 320 g/mol. The van der Waals surface area contributed by atoms with Gasteiger partial charge in [-0.1, -0.05) is 30.3 Å². The lowest BCUT2D eigenvalue weighted by Gasteiger charge is -2.39. The molecule has 4 N–H and O–H groups in total. The van der Waals surface area contributed by atoms with E-state index >= 15 is 0 Å². The van der Waals surface area contributed by atoms with E-state index in [1.54, 1.807) is 30.3 Å². The molecule has 0 aromatic heterocycles. The van der Waals surface area contributed by atoms with Crippen LogP contribution in [0.1, 0.15) is 20.6 Å². The highest BCUT2D eigenvalue weighted by molar-refractivity contribution is 5.73. The van der Waals surface area contributed by atoms with Gasteiger partial charge >= 0.3 is 5.97 Å². The fraction of sp³-hybridized carbons (Fsp3) is 0.562. The molecule has 1 aliphatic heterocycles. The molecule has 1 unspecified atom stereocenters. The molecule has 2 rings (SSSR count). The molecule has 8 heteroatoms. The quantitative estimate of drug-likeness (QED) is 0.520. The summed E-state index contributed by atoms with van der Waals surface area (Å²) in [6.45, 7) is -7.24. The van der Waals surface area contributed by atoms with E-state index in [-0.39, 0.29) is 0 Å². The Morgan fingerprint density at radius 2 is 2.04 bits per heavy atom. The molecule has 0 radical (unpaired) electrons. The van der Waals surface area contributed by atoms with E-state index in [2.05, 4.69) is 0 Å². The smallest absolute Gasteiger partial charge is 0.335 e. The van der Waals surface area contributed by atoms with Crippen LogP contribution in [0.25, 0.3) is 0 Å². The van der Waals surface area contributed by atoms with E-state index in [1.807, 2.05) is 0 Å². The summed E-state index contributed by atoms with van der Waals surface area (Å²) in [5.74, 6) is -1.75. The summed E-state index contributed by atoms with van der Waals surface area (Å²) in [6, 6.07) is 8.10. The van der Waals surface area contributed by atoms with Crippen molar-refractivity contribution in [3.05, 3.63) is 35.9 Å². The maximum absolute atomic E-state index is 11.2. The Kier molecular flexibility index (Phi) is 4.23. The molecule has 1 aliphatic rings. The Hall–Kier alpha value is -1.55. The first kappa shape index (κ1) is 11.9. The molecule has 1 heterocycles. The lowest BCUT2D eigenvalue weighted by molar-refractivity contribution is -0.305. The van der Waals surface area contributed by atoms with Gasteiger partial charge < -0.3 is 34.6 Å². The lowest BCUT2D eigenvalue weighted by atomic mass is 9.99. The van der Waals surface area contributed by atoms with Crippen molar-refractivity contribution < 1.29 is 47.7 Å². The number of aliphatic hydroxyl groups excluding tert-OH is 3. The predicted octanol–water partition coefficient (Wildman–Crippen LogP) is -0.499. The Morgan fingerprint density at radius 1 is 1.33 bits per heavy atom. The van der Waals surface area contributed by atoms with E-state index in [4.69, 9.17) is 27.5 Å².